The van der Waals surface area contributed by atoms with Gasteiger partial charge in [0.05, 0.1) is 11.8 Å². The van der Waals surface area contributed by atoms with Crippen LogP contribution >= 0.6 is 15.9 Å². The molecule has 0 fully saturated rings. The lowest BCUT2D eigenvalue weighted by Crippen LogP contribution is -2.18. The summed E-state index contributed by atoms with van der Waals surface area (Å²) in [6, 6.07) is 14.7. The van der Waals surface area contributed by atoms with Crippen LogP contribution in [-0.2, 0) is 0 Å². The third-order valence-electron chi connectivity index (χ3n) is 2.72. The van der Waals surface area contributed by atoms with Crippen molar-refractivity contribution in [2.24, 2.45) is 5.10 Å². The Morgan fingerprint density at radius 1 is 1.27 bits per heavy atom. The highest BCUT2D eigenvalue weighted by Crippen LogP contribution is 2.23. The average molecular weight is 359 g/mol. The summed E-state index contributed by atoms with van der Waals surface area (Å²) in [5, 5.41) is 3.95. The fourth-order valence-corrected chi connectivity index (χ4v) is 2.08. The zero-order chi connectivity index (χ0) is 15.8. The highest BCUT2D eigenvalue weighted by atomic mass is 79.9. The molecule has 0 atom stereocenters. The topological polar surface area (TPSA) is 50.7 Å². The van der Waals surface area contributed by atoms with Gasteiger partial charge in [-0.25, -0.2) is 5.43 Å². The summed E-state index contributed by atoms with van der Waals surface area (Å²) < 4.78 is 6.26. The van der Waals surface area contributed by atoms with E-state index in [1.165, 1.54) is 0 Å². The first-order valence-corrected chi connectivity index (χ1v) is 7.41. The van der Waals surface area contributed by atoms with E-state index in [9.17, 15) is 4.79 Å². The number of nitrogens with one attached hydrogen (secondary N) is 1. The van der Waals surface area contributed by atoms with Crippen molar-refractivity contribution < 1.29 is 9.53 Å². The van der Waals surface area contributed by atoms with E-state index < -0.39 is 0 Å². The number of rotatable bonds is 6. The fourth-order valence-electron chi connectivity index (χ4n) is 1.72. The van der Waals surface area contributed by atoms with Crippen molar-refractivity contribution in [1.29, 1.82) is 0 Å². The van der Waals surface area contributed by atoms with Crippen molar-refractivity contribution >= 4 is 28.1 Å². The summed E-state index contributed by atoms with van der Waals surface area (Å²) in [5.41, 5.74) is 3.80. The van der Waals surface area contributed by atoms with Crippen molar-refractivity contribution in [2.75, 3.05) is 6.61 Å². The molecule has 4 nitrogen and oxygen atoms in total. The van der Waals surface area contributed by atoms with E-state index in [1.54, 1.807) is 24.4 Å². The Kier molecular flexibility index (Phi) is 5.91. The average Bonchev–Trinajstić information content (AvgIpc) is 2.54. The number of hydrogen-bond acceptors (Lipinski definition) is 3. The minimum Gasteiger partial charge on any atom is -0.489 e. The number of benzene rings is 2. The molecule has 112 valence electrons. The van der Waals surface area contributed by atoms with Crippen LogP contribution in [0.2, 0.25) is 0 Å². The molecule has 2 rings (SSSR count). The Balaban J connectivity index is 2.10. The quantitative estimate of drug-likeness (QED) is 0.485. The molecule has 0 aliphatic heterocycles. The summed E-state index contributed by atoms with van der Waals surface area (Å²) in [5.74, 6) is 0.142. The van der Waals surface area contributed by atoms with E-state index >= 15 is 0 Å². The molecule has 2 aromatic rings. The van der Waals surface area contributed by atoms with E-state index in [4.69, 9.17) is 4.74 Å². The second kappa shape index (κ2) is 8.14. The van der Waals surface area contributed by atoms with Gasteiger partial charge in [-0.05, 0) is 23.8 Å². The van der Waals surface area contributed by atoms with E-state index in [0.29, 0.717) is 17.9 Å². The molecule has 2 aromatic carbocycles. The minimum absolute atomic E-state index is 0.329. The Morgan fingerprint density at radius 3 is 2.77 bits per heavy atom. The molecule has 22 heavy (non-hydrogen) atoms. The van der Waals surface area contributed by atoms with Gasteiger partial charge in [-0.1, -0.05) is 58.9 Å². The van der Waals surface area contributed by atoms with Crippen LogP contribution in [0.15, 0.2) is 70.8 Å². The first-order valence-electron chi connectivity index (χ1n) is 6.62. The Hall–Kier alpha value is -2.40. The van der Waals surface area contributed by atoms with Gasteiger partial charge in [0.15, 0.2) is 0 Å². The monoisotopic (exact) mass is 358 g/mol. The van der Waals surface area contributed by atoms with Crippen molar-refractivity contribution in [3.8, 4) is 5.75 Å². The van der Waals surface area contributed by atoms with E-state index in [2.05, 4.69) is 33.0 Å². The summed E-state index contributed by atoms with van der Waals surface area (Å²) in [6.07, 6.45) is 3.21. The number of halogens is 1. The highest BCUT2D eigenvalue weighted by molar-refractivity contribution is 9.10. The minimum atomic E-state index is -0.340. The van der Waals surface area contributed by atoms with Crippen molar-refractivity contribution in [1.82, 2.24) is 5.43 Å². The molecule has 5 heteroatoms. The SMILES string of the molecule is C=CCOc1ccc(Br)cc1C(=O)N/N=C/c1ccccc1. The maximum atomic E-state index is 12.2. The van der Waals surface area contributed by atoms with E-state index in [1.807, 2.05) is 36.4 Å². The molecule has 1 amide bonds. The smallest absolute Gasteiger partial charge is 0.275 e. The Labute approximate surface area is 137 Å². The molecule has 0 saturated carbocycles. The van der Waals surface area contributed by atoms with Gasteiger partial charge in [0, 0.05) is 4.47 Å². The van der Waals surface area contributed by atoms with Crippen LogP contribution in [0, 0.1) is 0 Å². The van der Waals surface area contributed by atoms with Gasteiger partial charge in [-0.2, -0.15) is 5.10 Å². The van der Waals surface area contributed by atoms with Gasteiger partial charge in [-0.3, -0.25) is 4.79 Å². The van der Waals surface area contributed by atoms with Crippen molar-refractivity contribution in [2.45, 2.75) is 0 Å². The maximum absolute atomic E-state index is 12.2. The van der Waals surface area contributed by atoms with Crippen molar-refractivity contribution in [3.05, 3.63) is 76.8 Å². The largest absolute Gasteiger partial charge is 0.489 e. The Bertz CT molecular complexity index is 684. The molecule has 0 unspecified atom stereocenters. The first-order chi connectivity index (χ1) is 10.7. The predicted octanol–water partition coefficient (Wildman–Crippen LogP) is 3.78. The molecule has 0 aromatic heterocycles. The first kappa shape index (κ1) is 16.0. The van der Waals surface area contributed by atoms with E-state index in [-0.39, 0.29) is 5.91 Å². The normalized spacial score (nSPS) is 10.4. The molecular formula is C17H15BrN2O2. The van der Waals surface area contributed by atoms with Gasteiger partial charge < -0.3 is 4.74 Å². The summed E-state index contributed by atoms with van der Waals surface area (Å²) in [6.45, 7) is 3.92. The lowest BCUT2D eigenvalue weighted by atomic mass is 10.2. The van der Waals surface area contributed by atoms with Crippen LogP contribution in [0.3, 0.4) is 0 Å². The second-order valence-electron chi connectivity index (χ2n) is 4.35. The standard InChI is InChI=1S/C17H15BrN2O2/c1-2-10-22-16-9-8-14(18)11-15(16)17(21)20-19-12-13-6-4-3-5-7-13/h2-9,11-12H,1,10H2,(H,20,21)/b19-12+. The summed E-state index contributed by atoms with van der Waals surface area (Å²) in [7, 11) is 0. The molecule has 0 radical (unpaired) electrons. The van der Waals surface area contributed by atoms with Gasteiger partial charge >= 0.3 is 0 Å². The lowest BCUT2D eigenvalue weighted by Gasteiger charge is -2.09. The number of carbonyl (C=O) groups excluding carboxylic acids is 1. The summed E-state index contributed by atoms with van der Waals surface area (Å²) >= 11 is 3.34. The van der Waals surface area contributed by atoms with Crippen LogP contribution < -0.4 is 10.2 Å². The number of amides is 1. The number of hydrazone groups is 1. The predicted molar refractivity (Wildman–Crippen MR) is 91.3 cm³/mol. The second-order valence-corrected chi connectivity index (χ2v) is 5.27. The molecule has 1 N–H and O–H groups in total. The molecule has 0 heterocycles. The molecule has 0 saturated heterocycles. The third-order valence-corrected chi connectivity index (χ3v) is 3.22. The third kappa shape index (κ3) is 4.56. The van der Waals surface area contributed by atoms with Gasteiger partial charge in [0.25, 0.3) is 5.91 Å². The van der Waals surface area contributed by atoms with Crippen LogP contribution in [-0.4, -0.2) is 18.7 Å². The summed E-state index contributed by atoms with van der Waals surface area (Å²) in [4.78, 5) is 12.2. The lowest BCUT2D eigenvalue weighted by molar-refractivity contribution is 0.0951. The molecule has 0 aliphatic carbocycles. The van der Waals surface area contributed by atoms with Crippen LogP contribution in [0.5, 0.6) is 5.75 Å². The molecular weight excluding hydrogens is 344 g/mol. The van der Waals surface area contributed by atoms with Gasteiger partial charge in [-0.15, -0.1) is 0 Å². The zero-order valence-electron chi connectivity index (χ0n) is 11.8. The molecule has 0 spiro atoms. The molecule has 0 bridgehead atoms. The van der Waals surface area contributed by atoms with Crippen LogP contribution in [0.1, 0.15) is 15.9 Å². The van der Waals surface area contributed by atoms with E-state index in [0.717, 1.165) is 10.0 Å². The number of carbonyl (C=O) groups is 1. The number of ether oxygens (including phenoxy) is 1. The van der Waals surface area contributed by atoms with Crippen molar-refractivity contribution in [3.63, 3.8) is 0 Å². The maximum Gasteiger partial charge on any atom is 0.275 e. The van der Waals surface area contributed by atoms with Gasteiger partial charge in [0.1, 0.15) is 12.4 Å². The molecule has 0 aliphatic rings. The van der Waals surface area contributed by atoms with Gasteiger partial charge in [0.2, 0.25) is 0 Å². The fraction of sp³-hybridized carbons (Fsp3) is 0.0588. The number of hydrogen-bond donors (Lipinski definition) is 1. The zero-order valence-corrected chi connectivity index (χ0v) is 13.4. The van der Waals surface area contributed by atoms with Crippen LogP contribution in [0.25, 0.3) is 0 Å². The Morgan fingerprint density at radius 2 is 2.05 bits per heavy atom. The number of nitrogens with zero attached hydrogens (tertiary/aromatic N) is 1. The highest BCUT2D eigenvalue weighted by Gasteiger charge is 2.12. The van der Waals surface area contributed by atoms with Crippen LogP contribution in [0.4, 0.5) is 0 Å².